The van der Waals surface area contributed by atoms with Gasteiger partial charge in [-0.3, -0.25) is 14.4 Å². The van der Waals surface area contributed by atoms with E-state index in [0.29, 0.717) is 5.56 Å². The maximum Gasteiger partial charge on any atom is 0.308 e. The monoisotopic (exact) mass is 422 g/mol. The Kier molecular flexibility index (Phi) is 7.82. The van der Waals surface area contributed by atoms with Crippen LogP contribution < -0.4 is 5.32 Å². The Morgan fingerprint density at radius 1 is 0.968 bits per heavy atom. The molecule has 0 bridgehead atoms. The number of piperidine rings is 1. The Labute approximate surface area is 183 Å². The quantitative estimate of drug-likeness (QED) is 0.687. The number of carbonyl (C=O) groups excluding carboxylic acids is 3. The van der Waals surface area contributed by atoms with Gasteiger partial charge in [0.15, 0.2) is 6.61 Å². The molecule has 1 fully saturated rings. The van der Waals surface area contributed by atoms with Crippen LogP contribution >= 0.6 is 0 Å². The van der Waals surface area contributed by atoms with Gasteiger partial charge in [-0.1, -0.05) is 48.5 Å². The van der Waals surface area contributed by atoms with Gasteiger partial charge in [0.05, 0.1) is 12.5 Å². The molecule has 0 saturated carbocycles. The van der Waals surface area contributed by atoms with Crippen LogP contribution in [0.25, 0.3) is 0 Å². The van der Waals surface area contributed by atoms with E-state index in [-0.39, 0.29) is 36.9 Å². The van der Waals surface area contributed by atoms with Crippen LogP contribution in [0.15, 0.2) is 60.7 Å². The molecule has 2 aromatic rings. The lowest BCUT2D eigenvalue weighted by Crippen LogP contribution is -2.49. The van der Waals surface area contributed by atoms with Gasteiger partial charge < -0.3 is 15.0 Å². The molecule has 2 amide bonds. The second-order valence-electron chi connectivity index (χ2n) is 8.10. The number of nitrogens with zero attached hydrogens (tertiary/aromatic N) is 1. The smallest absolute Gasteiger partial charge is 0.308 e. The van der Waals surface area contributed by atoms with Crippen LogP contribution in [0, 0.1) is 0 Å². The normalized spacial score (nSPS) is 19.4. The van der Waals surface area contributed by atoms with Gasteiger partial charge in [-0.05, 0) is 50.8 Å². The first-order valence-corrected chi connectivity index (χ1v) is 10.8. The average molecular weight is 423 g/mol. The van der Waals surface area contributed by atoms with Crippen LogP contribution in [0.3, 0.4) is 0 Å². The lowest BCUT2D eigenvalue weighted by atomic mass is 9.97. The van der Waals surface area contributed by atoms with E-state index in [1.807, 2.05) is 55.1 Å². The molecule has 164 valence electrons. The van der Waals surface area contributed by atoms with Crippen molar-refractivity contribution in [2.24, 2.45) is 0 Å². The second kappa shape index (κ2) is 10.8. The summed E-state index contributed by atoms with van der Waals surface area (Å²) in [6.45, 7) is 3.78. The summed E-state index contributed by atoms with van der Waals surface area (Å²) in [6.07, 6.45) is 2.98. The van der Waals surface area contributed by atoms with Gasteiger partial charge in [-0.25, -0.2) is 0 Å². The molecule has 6 heteroatoms. The van der Waals surface area contributed by atoms with E-state index in [4.69, 9.17) is 4.74 Å². The van der Waals surface area contributed by atoms with Crippen molar-refractivity contribution in [3.8, 4) is 0 Å². The number of likely N-dealkylation sites (tertiary alicyclic amines) is 1. The van der Waals surface area contributed by atoms with Crippen molar-refractivity contribution in [3.63, 3.8) is 0 Å². The first kappa shape index (κ1) is 22.5. The molecule has 31 heavy (non-hydrogen) atoms. The van der Waals surface area contributed by atoms with Crippen molar-refractivity contribution in [3.05, 3.63) is 71.8 Å². The van der Waals surface area contributed by atoms with Crippen LogP contribution in [0.1, 0.15) is 61.5 Å². The molecule has 0 aliphatic carbocycles. The van der Waals surface area contributed by atoms with Crippen molar-refractivity contribution in [1.29, 1.82) is 0 Å². The van der Waals surface area contributed by atoms with E-state index in [9.17, 15) is 14.4 Å². The van der Waals surface area contributed by atoms with Crippen LogP contribution in [-0.2, 0) is 14.3 Å². The van der Waals surface area contributed by atoms with Crippen LogP contribution in [-0.4, -0.2) is 41.4 Å². The predicted molar refractivity (Wildman–Crippen MR) is 118 cm³/mol. The maximum atomic E-state index is 12.6. The van der Waals surface area contributed by atoms with Crippen molar-refractivity contribution in [1.82, 2.24) is 10.2 Å². The molecule has 3 atom stereocenters. The molecule has 6 nitrogen and oxygen atoms in total. The number of hydrogen-bond acceptors (Lipinski definition) is 4. The molecule has 2 aromatic carbocycles. The zero-order valence-corrected chi connectivity index (χ0v) is 18.1. The number of carbonyl (C=O) groups is 3. The van der Waals surface area contributed by atoms with E-state index in [0.717, 1.165) is 24.8 Å². The summed E-state index contributed by atoms with van der Waals surface area (Å²) in [5, 5.41) is 2.91. The summed E-state index contributed by atoms with van der Waals surface area (Å²) in [7, 11) is 0. The first-order chi connectivity index (χ1) is 15.0. The van der Waals surface area contributed by atoms with Crippen molar-refractivity contribution >= 4 is 17.8 Å². The average Bonchev–Trinajstić information content (AvgIpc) is 2.78. The minimum absolute atomic E-state index is 0.0546. The number of benzene rings is 2. The van der Waals surface area contributed by atoms with Gasteiger partial charge in [-0.15, -0.1) is 0 Å². The Balaban J connectivity index is 1.62. The minimum atomic E-state index is -0.552. The lowest BCUT2D eigenvalue weighted by molar-refractivity contribution is -0.155. The Morgan fingerprint density at radius 3 is 2.16 bits per heavy atom. The molecule has 1 heterocycles. The summed E-state index contributed by atoms with van der Waals surface area (Å²) in [6, 6.07) is 17.9. The van der Waals surface area contributed by atoms with E-state index in [1.54, 1.807) is 24.3 Å². The standard InChI is InChI=1S/C25H30N2O4/c1-18-10-9-11-19(2)27(18)23(28)17-31-24(29)16-22(20-12-5-3-6-13-20)26-25(30)21-14-7-4-8-15-21/h3-8,12-15,18-19,22H,9-11,16-17H2,1-2H3,(H,26,30)/t18-,19-,22-/m0/s1. The zero-order chi connectivity index (χ0) is 22.2. The number of amides is 2. The summed E-state index contributed by atoms with van der Waals surface area (Å²) in [4.78, 5) is 39.6. The highest BCUT2D eigenvalue weighted by molar-refractivity contribution is 5.94. The van der Waals surface area contributed by atoms with Gasteiger partial charge in [0.1, 0.15) is 0 Å². The lowest BCUT2D eigenvalue weighted by Gasteiger charge is -2.38. The SMILES string of the molecule is C[C@H]1CCC[C@H](C)N1C(=O)COC(=O)C[C@H](NC(=O)c1ccccc1)c1ccccc1. The fraction of sp³-hybridized carbons (Fsp3) is 0.400. The molecule has 0 spiro atoms. The number of rotatable bonds is 7. The molecular formula is C25H30N2O4. The maximum absolute atomic E-state index is 12.6. The Bertz CT molecular complexity index is 875. The van der Waals surface area contributed by atoms with Crippen LogP contribution in [0.5, 0.6) is 0 Å². The minimum Gasteiger partial charge on any atom is -0.455 e. The van der Waals surface area contributed by atoms with Crippen LogP contribution in [0.2, 0.25) is 0 Å². The van der Waals surface area contributed by atoms with Crippen LogP contribution in [0.4, 0.5) is 0 Å². The predicted octanol–water partition coefficient (Wildman–Crippen LogP) is 3.88. The van der Waals surface area contributed by atoms with Gasteiger partial charge >= 0.3 is 5.97 Å². The largest absolute Gasteiger partial charge is 0.455 e. The second-order valence-corrected chi connectivity index (χ2v) is 8.10. The molecule has 0 aromatic heterocycles. The van der Waals surface area contributed by atoms with E-state index in [2.05, 4.69) is 5.32 Å². The number of ether oxygens (including phenoxy) is 1. The third kappa shape index (κ3) is 6.17. The highest BCUT2D eigenvalue weighted by atomic mass is 16.5. The molecule has 1 N–H and O–H groups in total. The summed E-state index contributed by atoms with van der Waals surface area (Å²) in [5.74, 6) is -0.959. The van der Waals surface area contributed by atoms with Gasteiger partial charge in [0, 0.05) is 17.6 Å². The molecule has 3 rings (SSSR count). The number of hydrogen-bond donors (Lipinski definition) is 1. The first-order valence-electron chi connectivity index (χ1n) is 10.8. The molecule has 0 unspecified atom stereocenters. The third-order valence-corrected chi connectivity index (χ3v) is 5.75. The summed E-state index contributed by atoms with van der Waals surface area (Å²) >= 11 is 0. The molecule has 1 aliphatic heterocycles. The van der Waals surface area contributed by atoms with Gasteiger partial charge in [-0.2, -0.15) is 0 Å². The summed E-state index contributed by atoms with van der Waals surface area (Å²) < 4.78 is 5.31. The topological polar surface area (TPSA) is 75.7 Å². The molecule has 1 aliphatic rings. The summed E-state index contributed by atoms with van der Waals surface area (Å²) in [5.41, 5.74) is 1.31. The van der Waals surface area contributed by atoms with Crippen molar-refractivity contribution in [2.45, 2.75) is 57.7 Å². The fourth-order valence-corrected chi connectivity index (χ4v) is 4.12. The van der Waals surface area contributed by atoms with E-state index < -0.39 is 12.0 Å². The molecular weight excluding hydrogens is 392 g/mol. The highest BCUT2D eigenvalue weighted by Crippen LogP contribution is 2.23. The number of esters is 1. The Morgan fingerprint density at radius 2 is 1.55 bits per heavy atom. The fourth-order valence-electron chi connectivity index (χ4n) is 4.12. The molecule has 1 saturated heterocycles. The number of nitrogens with one attached hydrogen (secondary N) is 1. The van der Waals surface area contributed by atoms with E-state index in [1.165, 1.54) is 0 Å². The van der Waals surface area contributed by atoms with Crippen molar-refractivity contribution < 1.29 is 19.1 Å². The van der Waals surface area contributed by atoms with Gasteiger partial charge in [0.2, 0.25) is 0 Å². The molecule has 0 radical (unpaired) electrons. The highest BCUT2D eigenvalue weighted by Gasteiger charge is 2.29. The third-order valence-electron chi connectivity index (χ3n) is 5.75. The zero-order valence-electron chi connectivity index (χ0n) is 18.1. The van der Waals surface area contributed by atoms with Gasteiger partial charge in [0.25, 0.3) is 11.8 Å². The Hall–Kier alpha value is -3.15. The van der Waals surface area contributed by atoms with E-state index >= 15 is 0 Å². The van der Waals surface area contributed by atoms with Crippen molar-refractivity contribution in [2.75, 3.05) is 6.61 Å².